The molecule has 176 valence electrons. The number of amides is 1. The summed E-state index contributed by atoms with van der Waals surface area (Å²) in [5.41, 5.74) is 1.39. The van der Waals surface area contributed by atoms with Crippen molar-refractivity contribution in [2.45, 2.75) is 50.7 Å². The lowest BCUT2D eigenvalue weighted by Gasteiger charge is -2.32. The summed E-state index contributed by atoms with van der Waals surface area (Å²) >= 11 is 0. The smallest absolute Gasteiger partial charge is 0.410 e. The van der Waals surface area contributed by atoms with Gasteiger partial charge in [0.2, 0.25) is 5.88 Å². The number of carbonyl (C=O) groups excluding carboxylic acids is 1. The molecule has 33 heavy (non-hydrogen) atoms. The molecule has 0 atom stereocenters. The van der Waals surface area contributed by atoms with Crippen LogP contribution in [0.5, 0.6) is 11.6 Å². The zero-order chi connectivity index (χ0) is 23.8. The van der Waals surface area contributed by atoms with Crippen molar-refractivity contribution in [3.63, 3.8) is 0 Å². The Labute approximate surface area is 192 Å². The van der Waals surface area contributed by atoms with Crippen molar-refractivity contribution in [2.75, 3.05) is 19.3 Å². The third-order valence-corrected chi connectivity index (χ3v) is 6.63. The topological polar surface area (TPSA) is 117 Å². The average molecular weight is 474 g/mol. The van der Waals surface area contributed by atoms with Crippen LogP contribution in [0.4, 0.5) is 4.79 Å². The van der Waals surface area contributed by atoms with E-state index in [1.165, 1.54) is 18.5 Å². The van der Waals surface area contributed by atoms with E-state index in [1.54, 1.807) is 17.0 Å². The fourth-order valence-electron chi connectivity index (χ4n) is 3.88. The first-order valence-electron chi connectivity index (χ1n) is 10.8. The highest BCUT2D eigenvalue weighted by molar-refractivity contribution is 7.90. The third kappa shape index (κ3) is 4.92. The standard InChI is InChI=1S/C22H27N5O5S/c1-14(2)31-22(28)26-11-9-16(10-12-26)27-20-19(15(3)25-27)21(24-13-23-20)32-17-5-7-18(8-6-17)33(4,29)30/h5-8,13-14,16H,9-12H2,1-4H3. The van der Waals surface area contributed by atoms with Crippen LogP contribution < -0.4 is 4.74 Å². The number of rotatable bonds is 5. The van der Waals surface area contributed by atoms with Crippen LogP contribution in [0.2, 0.25) is 0 Å². The van der Waals surface area contributed by atoms with E-state index in [0.717, 1.165) is 24.8 Å². The van der Waals surface area contributed by atoms with Crippen LogP contribution in [0.15, 0.2) is 35.5 Å². The molecule has 0 unspecified atom stereocenters. The number of likely N-dealkylation sites (tertiary alicyclic amines) is 1. The van der Waals surface area contributed by atoms with Gasteiger partial charge in [-0.05, 0) is 57.9 Å². The van der Waals surface area contributed by atoms with Crippen molar-refractivity contribution in [3.8, 4) is 11.6 Å². The first kappa shape index (κ1) is 23.0. The van der Waals surface area contributed by atoms with E-state index in [-0.39, 0.29) is 23.1 Å². The molecule has 0 radical (unpaired) electrons. The number of sulfone groups is 1. The lowest BCUT2D eigenvalue weighted by molar-refractivity contribution is 0.0655. The molecule has 1 aromatic carbocycles. The van der Waals surface area contributed by atoms with E-state index in [2.05, 4.69) is 9.97 Å². The molecule has 0 spiro atoms. The van der Waals surface area contributed by atoms with Crippen LogP contribution in [-0.4, -0.2) is 64.6 Å². The van der Waals surface area contributed by atoms with Crippen molar-refractivity contribution in [2.24, 2.45) is 0 Å². The number of piperidine rings is 1. The number of hydrogen-bond donors (Lipinski definition) is 0. The second-order valence-electron chi connectivity index (χ2n) is 8.40. The molecule has 0 bridgehead atoms. The van der Waals surface area contributed by atoms with Gasteiger partial charge in [0.25, 0.3) is 0 Å². The maximum absolute atomic E-state index is 12.2. The second-order valence-corrected chi connectivity index (χ2v) is 10.4. The molecule has 4 rings (SSSR count). The first-order chi connectivity index (χ1) is 15.6. The molecule has 1 fully saturated rings. The molecule has 0 saturated carbocycles. The van der Waals surface area contributed by atoms with E-state index in [1.807, 2.05) is 25.5 Å². The number of benzene rings is 1. The minimum atomic E-state index is -3.29. The molecule has 2 aromatic heterocycles. The van der Waals surface area contributed by atoms with Gasteiger partial charge >= 0.3 is 6.09 Å². The number of ether oxygens (including phenoxy) is 2. The van der Waals surface area contributed by atoms with Crippen molar-refractivity contribution in [1.82, 2.24) is 24.6 Å². The third-order valence-electron chi connectivity index (χ3n) is 5.50. The maximum atomic E-state index is 12.2. The lowest BCUT2D eigenvalue weighted by Crippen LogP contribution is -2.40. The van der Waals surface area contributed by atoms with Crippen molar-refractivity contribution in [1.29, 1.82) is 0 Å². The van der Waals surface area contributed by atoms with Crippen LogP contribution in [0.1, 0.15) is 38.4 Å². The van der Waals surface area contributed by atoms with Crippen molar-refractivity contribution >= 4 is 27.0 Å². The molecule has 11 heteroatoms. The molecule has 10 nitrogen and oxygen atoms in total. The molecule has 3 aromatic rings. The Morgan fingerprint density at radius 1 is 1.12 bits per heavy atom. The van der Waals surface area contributed by atoms with E-state index in [0.29, 0.717) is 35.8 Å². The monoisotopic (exact) mass is 473 g/mol. The van der Waals surface area contributed by atoms with E-state index in [4.69, 9.17) is 14.6 Å². The van der Waals surface area contributed by atoms with Gasteiger partial charge in [0.15, 0.2) is 15.5 Å². The molecule has 0 aliphatic carbocycles. The van der Waals surface area contributed by atoms with Gasteiger partial charge in [0, 0.05) is 19.3 Å². The molecule has 1 amide bonds. The van der Waals surface area contributed by atoms with Crippen LogP contribution in [0.25, 0.3) is 11.0 Å². The molecular formula is C22H27N5O5S. The number of fused-ring (bicyclic) bond motifs is 1. The number of aromatic nitrogens is 4. The quantitative estimate of drug-likeness (QED) is 0.553. The minimum absolute atomic E-state index is 0.0843. The summed E-state index contributed by atoms with van der Waals surface area (Å²) in [4.78, 5) is 22.8. The average Bonchev–Trinajstić information content (AvgIpc) is 3.11. The Morgan fingerprint density at radius 2 is 1.79 bits per heavy atom. The van der Waals surface area contributed by atoms with Gasteiger partial charge in [-0.2, -0.15) is 5.10 Å². The summed E-state index contributed by atoms with van der Waals surface area (Å²) in [6.07, 6.45) is 3.62. The van der Waals surface area contributed by atoms with Crippen molar-refractivity contribution < 1.29 is 22.7 Å². The largest absolute Gasteiger partial charge is 0.447 e. The Balaban J connectivity index is 1.55. The summed E-state index contributed by atoms with van der Waals surface area (Å²) in [7, 11) is -3.29. The van der Waals surface area contributed by atoms with Gasteiger partial charge in [-0.3, -0.25) is 0 Å². The Kier molecular flexibility index (Phi) is 6.24. The zero-order valence-electron chi connectivity index (χ0n) is 19.1. The maximum Gasteiger partial charge on any atom is 0.410 e. The van der Waals surface area contributed by atoms with Crippen molar-refractivity contribution in [3.05, 3.63) is 36.3 Å². The predicted molar refractivity (Wildman–Crippen MR) is 121 cm³/mol. The van der Waals surface area contributed by atoms with E-state index in [9.17, 15) is 13.2 Å². The Hall–Kier alpha value is -3.21. The molecular weight excluding hydrogens is 446 g/mol. The highest BCUT2D eigenvalue weighted by Crippen LogP contribution is 2.33. The highest BCUT2D eigenvalue weighted by Gasteiger charge is 2.28. The van der Waals surface area contributed by atoms with E-state index < -0.39 is 9.84 Å². The van der Waals surface area contributed by atoms with Gasteiger partial charge < -0.3 is 14.4 Å². The van der Waals surface area contributed by atoms with Gasteiger partial charge in [-0.25, -0.2) is 27.9 Å². The number of hydrogen-bond acceptors (Lipinski definition) is 8. The Bertz CT molecular complexity index is 1260. The summed E-state index contributed by atoms with van der Waals surface area (Å²) in [5.74, 6) is 0.820. The normalized spacial score (nSPS) is 15.2. The van der Waals surface area contributed by atoms with Crippen LogP contribution in [0.3, 0.4) is 0 Å². The number of carbonyl (C=O) groups is 1. The van der Waals surface area contributed by atoms with Gasteiger partial charge in [0.1, 0.15) is 17.5 Å². The summed E-state index contributed by atoms with van der Waals surface area (Å²) in [5, 5.41) is 5.40. The van der Waals surface area contributed by atoms with E-state index >= 15 is 0 Å². The predicted octanol–water partition coefficient (Wildman–Crippen LogP) is 3.51. The lowest BCUT2D eigenvalue weighted by atomic mass is 10.1. The van der Waals surface area contributed by atoms with Crippen LogP contribution in [0, 0.1) is 6.92 Å². The van der Waals surface area contributed by atoms with Gasteiger partial charge in [-0.1, -0.05) is 0 Å². The number of nitrogens with zero attached hydrogens (tertiary/aromatic N) is 5. The zero-order valence-corrected chi connectivity index (χ0v) is 19.9. The van der Waals surface area contributed by atoms with Gasteiger partial charge in [-0.15, -0.1) is 0 Å². The molecule has 3 heterocycles. The minimum Gasteiger partial charge on any atom is -0.447 e. The Morgan fingerprint density at radius 3 is 2.39 bits per heavy atom. The second kappa shape index (κ2) is 8.97. The molecule has 1 saturated heterocycles. The molecule has 1 aliphatic heterocycles. The molecule has 1 aliphatic rings. The fraction of sp³-hybridized carbons (Fsp3) is 0.455. The van der Waals surface area contributed by atoms with Gasteiger partial charge in [0.05, 0.1) is 22.7 Å². The van der Waals surface area contributed by atoms with Crippen LogP contribution >= 0.6 is 0 Å². The first-order valence-corrected chi connectivity index (χ1v) is 12.7. The summed E-state index contributed by atoms with van der Waals surface area (Å²) in [6.45, 7) is 6.71. The fourth-order valence-corrected chi connectivity index (χ4v) is 4.51. The summed E-state index contributed by atoms with van der Waals surface area (Å²) in [6, 6.07) is 6.27. The molecule has 0 N–H and O–H groups in total. The SMILES string of the molecule is Cc1nn(C2CCN(C(=O)OC(C)C)CC2)c2ncnc(Oc3ccc(S(C)(=O)=O)cc3)c12. The highest BCUT2D eigenvalue weighted by atomic mass is 32.2. The summed E-state index contributed by atoms with van der Waals surface area (Å²) < 4.78 is 36.5. The van der Waals surface area contributed by atoms with Crippen LogP contribution in [-0.2, 0) is 14.6 Å². The number of aryl methyl sites for hydroxylation is 1.